The highest BCUT2D eigenvalue weighted by Crippen LogP contribution is 2.23. The van der Waals surface area contributed by atoms with E-state index in [4.69, 9.17) is 0 Å². The Morgan fingerprint density at radius 3 is 2.40 bits per heavy atom. The zero-order valence-corrected chi connectivity index (χ0v) is 11.7. The number of nitro benzene ring substituents is 1. The van der Waals surface area contributed by atoms with Crippen LogP contribution < -0.4 is 0 Å². The number of carbonyl (C=O) groups is 1. The van der Waals surface area contributed by atoms with Gasteiger partial charge in [0, 0.05) is 37.6 Å². The van der Waals surface area contributed by atoms with Crippen LogP contribution in [0.5, 0.6) is 0 Å². The van der Waals surface area contributed by atoms with Crippen LogP contribution in [0.3, 0.4) is 0 Å². The molecule has 1 aliphatic rings. The van der Waals surface area contributed by atoms with Gasteiger partial charge in [0.2, 0.25) is 10.0 Å². The molecule has 1 unspecified atom stereocenters. The summed E-state index contributed by atoms with van der Waals surface area (Å²) in [7, 11) is -3.70. The normalized spacial score (nSPS) is 20.9. The van der Waals surface area contributed by atoms with Crippen LogP contribution in [0.4, 0.5) is 5.69 Å². The standard InChI is InChI=1S/C12H14N2O5S/c1-9-8-13(7-6-12(9)15)20(18,19)11-4-2-10(3-5-11)14(16)17/h2-5,9H,6-8H2,1H3. The van der Waals surface area contributed by atoms with Crippen LogP contribution in [0.1, 0.15) is 13.3 Å². The number of carbonyl (C=O) groups excluding carboxylic acids is 1. The number of non-ortho nitro benzene ring substituents is 1. The molecule has 1 aromatic carbocycles. The van der Waals surface area contributed by atoms with Crippen molar-refractivity contribution in [1.82, 2.24) is 4.31 Å². The predicted octanol–water partition coefficient (Wildman–Crippen LogP) is 1.19. The first-order chi connectivity index (χ1) is 9.32. The van der Waals surface area contributed by atoms with Crippen molar-refractivity contribution in [3.63, 3.8) is 0 Å². The number of rotatable bonds is 3. The molecule has 0 amide bonds. The average molecular weight is 298 g/mol. The number of sulfonamides is 1. The molecule has 7 nitrogen and oxygen atoms in total. The molecule has 1 atom stereocenters. The Kier molecular flexibility index (Phi) is 3.87. The van der Waals surface area contributed by atoms with Gasteiger partial charge in [-0.3, -0.25) is 14.9 Å². The molecule has 0 aliphatic carbocycles. The molecule has 0 radical (unpaired) electrons. The van der Waals surface area contributed by atoms with Crippen molar-refractivity contribution in [1.29, 1.82) is 0 Å². The molecule has 8 heteroatoms. The minimum atomic E-state index is -3.70. The molecule has 1 aromatic rings. The molecule has 1 aliphatic heterocycles. The summed E-state index contributed by atoms with van der Waals surface area (Å²) >= 11 is 0. The second-order valence-corrected chi connectivity index (χ2v) is 6.67. The summed E-state index contributed by atoms with van der Waals surface area (Å²) in [6.45, 7) is 2.00. The summed E-state index contributed by atoms with van der Waals surface area (Å²) in [5.74, 6) is -0.267. The lowest BCUT2D eigenvalue weighted by molar-refractivity contribution is -0.384. The maximum atomic E-state index is 12.4. The number of piperidine rings is 1. The van der Waals surface area contributed by atoms with E-state index in [9.17, 15) is 23.3 Å². The average Bonchev–Trinajstić information content (AvgIpc) is 2.41. The summed E-state index contributed by atoms with van der Waals surface area (Å²) in [5, 5.41) is 10.6. The van der Waals surface area contributed by atoms with E-state index in [0.29, 0.717) is 0 Å². The Balaban J connectivity index is 2.26. The van der Waals surface area contributed by atoms with Crippen LogP contribution in [-0.4, -0.2) is 36.5 Å². The van der Waals surface area contributed by atoms with Gasteiger partial charge < -0.3 is 0 Å². The molecule has 0 spiro atoms. The molecular weight excluding hydrogens is 284 g/mol. The summed E-state index contributed by atoms with van der Waals surface area (Å²) < 4.78 is 26.0. The molecule has 0 N–H and O–H groups in total. The molecule has 20 heavy (non-hydrogen) atoms. The van der Waals surface area contributed by atoms with Crippen molar-refractivity contribution in [2.24, 2.45) is 5.92 Å². The van der Waals surface area contributed by atoms with Crippen molar-refractivity contribution in [2.45, 2.75) is 18.2 Å². The lowest BCUT2D eigenvalue weighted by atomic mass is 10.0. The van der Waals surface area contributed by atoms with Crippen LogP contribution in [-0.2, 0) is 14.8 Å². The maximum absolute atomic E-state index is 12.4. The number of nitrogens with zero attached hydrogens (tertiary/aromatic N) is 2. The van der Waals surface area contributed by atoms with Gasteiger partial charge in [0.1, 0.15) is 5.78 Å². The number of nitro groups is 1. The van der Waals surface area contributed by atoms with Crippen LogP contribution in [0, 0.1) is 16.0 Å². The highest BCUT2D eigenvalue weighted by molar-refractivity contribution is 7.89. The predicted molar refractivity (Wildman–Crippen MR) is 70.6 cm³/mol. The first-order valence-corrected chi connectivity index (χ1v) is 7.53. The van der Waals surface area contributed by atoms with Crippen molar-refractivity contribution < 1.29 is 18.1 Å². The minimum absolute atomic E-state index is 0.00430. The van der Waals surface area contributed by atoms with E-state index in [1.54, 1.807) is 6.92 Å². The highest BCUT2D eigenvalue weighted by Gasteiger charge is 2.32. The van der Waals surface area contributed by atoms with Gasteiger partial charge in [-0.05, 0) is 12.1 Å². The number of hydrogen-bond donors (Lipinski definition) is 0. The fourth-order valence-corrected chi connectivity index (χ4v) is 3.62. The summed E-state index contributed by atoms with van der Waals surface area (Å²) in [6.07, 6.45) is 0.202. The zero-order chi connectivity index (χ0) is 14.9. The van der Waals surface area contributed by atoms with Crippen LogP contribution in [0.2, 0.25) is 0 Å². The summed E-state index contributed by atoms with van der Waals surface area (Å²) in [4.78, 5) is 21.4. The molecule has 0 saturated carbocycles. The molecule has 1 fully saturated rings. The monoisotopic (exact) mass is 298 g/mol. The Hall–Kier alpha value is -1.80. The van der Waals surface area contributed by atoms with Crippen molar-refractivity contribution in [3.8, 4) is 0 Å². The van der Waals surface area contributed by atoms with Crippen molar-refractivity contribution >= 4 is 21.5 Å². The molecule has 1 heterocycles. The van der Waals surface area contributed by atoms with Crippen LogP contribution >= 0.6 is 0 Å². The quantitative estimate of drug-likeness (QED) is 0.616. The fraction of sp³-hybridized carbons (Fsp3) is 0.417. The topological polar surface area (TPSA) is 97.6 Å². The lowest BCUT2D eigenvalue weighted by Crippen LogP contribution is -2.43. The third-order valence-corrected chi connectivity index (χ3v) is 5.20. The van der Waals surface area contributed by atoms with E-state index in [-0.39, 0.29) is 41.8 Å². The summed E-state index contributed by atoms with van der Waals surface area (Å²) in [5.41, 5.74) is -0.161. The number of Topliss-reactive ketones (excluding diaryl/α,β-unsaturated/α-hetero) is 1. The fourth-order valence-electron chi connectivity index (χ4n) is 2.09. The molecule has 0 aromatic heterocycles. The molecule has 108 valence electrons. The molecule has 0 bridgehead atoms. The van der Waals surface area contributed by atoms with E-state index in [0.717, 1.165) is 12.1 Å². The van der Waals surface area contributed by atoms with E-state index >= 15 is 0 Å². The minimum Gasteiger partial charge on any atom is -0.299 e. The zero-order valence-electron chi connectivity index (χ0n) is 10.9. The van der Waals surface area contributed by atoms with E-state index in [1.165, 1.54) is 16.4 Å². The Morgan fingerprint density at radius 2 is 1.90 bits per heavy atom. The third kappa shape index (κ3) is 2.70. The largest absolute Gasteiger partial charge is 0.299 e. The number of hydrogen-bond acceptors (Lipinski definition) is 5. The molecular formula is C12H14N2O5S. The van der Waals surface area contributed by atoms with Gasteiger partial charge in [-0.15, -0.1) is 0 Å². The van der Waals surface area contributed by atoms with E-state index in [2.05, 4.69) is 0 Å². The second kappa shape index (κ2) is 5.29. The Labute approximate surface area is 116 Å². The number of benzene rings is 1. The summed E-state index contributed by atoms with van der Waals surface area (Å²) in [6, 6.07) is 4.75. The SMILES string of the molecule is CC1CN(S(=O)(=O)c2ccc([N+](=O)[O-])cc2)CCC1=O. The highest BCUT2D eigenvalue weighted by atomic mass is 32.2. The Morgan fingerprint density at radius 1 is 1.30 bits per heavy atom. The first-order valence-electron chi connectivity index (χ1n) is 6.09. The Bertz CT molecular complexity index is 638. The lowest BCUT2D eigenvalue weighted by Gasteiger charge is -2.29. The van der Waals surface area contributed by atoms with Gasteiger partial charge in [-0.2, -0.15) is 4.31 Å². The van der Waals surface area contributed by atoms with Gasteiger partial charge in [-0.25, -0.2) is 8.42 Å². The third-order valence-electron chi connectivity index (χ3n) is 3.32. The van der Waals surface area contributed by atoms with Crippen LogP contribution in [0.25, 0.3) is 0 Å². The van der Waals surface area contributed by atoms with Gasteiger partial charge in [0.25, 0.3) is 5.69 Å². The van der Waals surface area contributed by atoms with Gasteiger partial charge in [0.05, 0.1) is 9.82 Å². The second-order valence-electron chi connectivity index (χ2n) is 4.73. The van der Waals surface area contributed by atoms with Gasteiger partial charge in [0.15, 0.2) is 0 Å². The van der Waals surface area contributed by atoms with E-state index in [1.807, 2.05) is 0 Å². The number of ketones is 1. The van der Waals surface area contributed by atoms with Gasteiger partial charge in [-0.1, -0.05) is 6.92 Å². The van der Waals surface area contributed by atoms with Gasteiger partial charge >= 0.3 is 0 Å². The van der Waals surface area contributed by atoms with Crippen molar-refractivity contribution in [2.75, 3.05) is 13.1 Å². The van der Waals surface area contributed by atoms with Crippen LogP contribution in [0.15, 0.2) is 29.2 Å². The maximum Gasteiger partial charge on any atom is 0.269 e. The first kappa shape index (κ1) is 14.6. The molecule has 1 saturated heterocycles. The van der Waals surface area contributed by atoms with Crippen molar-refractivity contribution in [3.05, 3.63) is 34.4 Å². The van der Waals surface area contributed by atoms with E-state index < -0.39 is 14.9 Å². The molecule has 2 rings (SSSR count). The smallest absolute Gasteiger partial charge is 0.269 e.